The Balaban J connectivity index is 2.13. The Labute approximate surface area is 168 Å². The summed E-state index contributed by atoms with van der Waals surface area (Å²) >= 11 is 0. The molecule has 0 spiro atoms. The molecule has 0 radical (unpaired) electrons. The maximum atomic E-state index is 12.2. The SMILES string of the molecule is Cc1cc2nc3c(=O)[nH]c(=O)[nH]c3[n+](C[C@H](O)[C@H](O)[C@H](O)COP(=O)=O)c2cc1C. The molecule has 2 aromatic heterocycles. The number of benzene rings is 1. The highest BCUT2D eigenvalue weighted by Crippen LogP contribution is 2.17. The molecule has 2 heterocycles. The van der Waals surface area contributed by atoms with Crippen LogP contribution in [0.2, 0.25) is 0 Å². The summed E-state index contributed by atoms with van der Waals surface area (Å²) in [5.74, 6) is 0. The maximum absolute atomic E-state index is 12.2. The van der Waals surface area contributed by atoms with Crippen molar-refractivity contribution in [3.63, 3.8) is 0 Å². The number of aliphatic hydroxyl groups is 3. The Morgan fingerprint density at radius 1 is 1.10 bits per heavy atom. The van der Waals surface area contributed by atoms with Gasteiger partial charge in [0.2, 0.25) is 5.52 Å². The minimum atomic E-state index is -3.23. The number of nitrogens with one attached hydrogen (secondary N) is 2. The van der Waals surface area contributed by atoms with E-state index in [9.17, 15) is 34.0 Å². The van der Waals surface area contributed by atoms with Crippen LogP contribution in [0.25, 0.3) is 22.2 Å². The van der Waals surface area contributed by atoms with Gasteiger partial charge in [-0.1, -0.05) is 0 Å². The first kappa shape index (κ1) is 21.9. The molecule has 0 aliphatic heterocycles. The normalized spacial score (nSPS) is 14.7. The number of rotatable bonds is 7. The van der Waals surface area contributed by atoms with E-state index < -0.39 is 44.1 Å². The van der Waals surface area contributed by atoms with E-state index in [0.29, 0.717) is 11.0 Å². The Morgan fingerprint density at radius 2 is 1.77 bits per heavy atom. The lowest BCUT2D eigenvalue weighted by Gasteiger charge is -2.21. The van der Waals surface area contributed by atoms with Crippen LogP contribution in [0.4, 0.5) is 0 Å². The molecule has 5 N–H and O–H groups in total. The second kappa shape index (κ2) is 8.54. The lowest BCUT2D eigenvalue weighted by atomic mass is 10.1. The Hall–Kier alpha value is -2.76. The fourth-order valence-corrected chi connectivity index (χ4v) is 3.35. The number of nitrogens with zero attached hydrogens (tertiary/aromatic N) is 2. The van der Waals surface area contributed by atoms with E-state index >= 15 is 0 Å². The van der Waals surface area contributed by atoms with Crippen molar-refractivity contribution in [2.45, 2.75) is 38.7 Å². The minimum Gasteiger partial charge on any atom is -0.388 e. The van der Waals surface area contributed by atoms with Crippen molar-refractivity contribution in [2.75, 3.05) is 6.61 Å². The molecule has 0 bridgehead atoms. The van der Waals surface area contributed by atoms with Gasteiger partial charge in [-0.2, -0.15) is 4.98 Å². The third-order valence-electron chi connectivity index (χ3n) is 4.79. The van der Waals surface area contributed by atoms with Crippen LogP contribution in [0.15, 0.2) is 21.7 Å². The van der Waals surface area contributed by atoms with Gasteiger partial charge in [0.1, 0.15) is 30.4 Å². The van der Waals surface area contributed by atoms with E-state index in [1.54, 1.807) is 12.1 Å². The van der Waals surface area contributed by atoms with E-state index in [4.69, 9.17) is 0 Å². The summed E-state index contributed by atoms with van der Waals surface area (Å²) in [5.41, 5.74) is 1.08. The van der Waals surface area contributed by atoms with Crippen LogP contribution in [0.5, 0.6) is 0 Å². The lowest BCUT2D eigenvalue weighted by Crippen LogP contribution is -2.51. The van der Waals surface area contributed by atoms with Gasteiger partial charge in [0.05, 0.1) is 6.61 Å². The van der Waals surface area contributed by atoms with Crippen LogP contribution in [0, 0.1) is 13.8 Å². The summed E-state index contributed by atoms with van der Waals surface area (Å²) in [5, 5.41) is 30.5. The summed E-state index contributed by atoms with van der Waals surface area (Å²) in [7, 11) is -3.23. The van der Waals surface area contributed by atoms with Gasteiger partial charge in [0, 0.05) is 0 Å². The summed E-state index contributed by atoms with van der Waals surface area (Å²) < 4.78 is 26.6. The average Bonchev–Trinajstić information content (AvgIpc) is 2.67. The van der Waals surface area contributed by atoms with E-state index in [2.05, 4.69) is 19.5 Å². The van der Waals surface area contributed by atoms with Crippen molar-refractivity contribution in [1.29, 1.82) is 0 Å². The van der Waals surface area contributed by atoms with E-state index in [0.717, 1.165) is 11.1 Å². The van der Waals surface area contributed by atoms with Crippen molar-refractivity contribution >= 4 is 30.1 Å². The average molecular weight is 439 g/mol. The Kier molecular flexibility index (Phi) is 6.25. The quantitative estimate of drug-likeness (QED) is 0.172. The second-order valence-electron chi connectivity index (χ2n) is 6.90. The highest BCUT2D eigenvalue weighted by atomic mass is 31.1. The number of aliphatic hydroxyl groups excluding tert-OH is 3. The standard InChI is InChI=1S/C17H19N4O8P/c1-7-3-9-10(4-8(7)2)21(15-13(18-9)16(25)20-17(26)19-15)5-11(22)14(24)12(23)6-29-30(27)28/h3-4,11-12,14,22-24H,5-6H2,1-2H3,(H,20,25,26)/p+1/t11-,12+,14-/m0/s1. The van der Waals surface area contributed by atoms with Crippen LogP contribution >= 0.6 is 7.91 Å². The summed E-state index contributed by atoms with van der Waals surface area (Å²) in [6.45, 7) is 2.62. The molecule has 3 aromatic rings. The molecular formula is C17H20N4O8P+. The topological polar surface area (TPSA) is 187 Å². The monoisotopic (exact) mass is 439 g/mol. The zero-order chi connectivity index (χ0) is 22.2. The van der Waals surface area contributed by atoms with Crippen LogP contribution in [-0.4, -0.2) is 55.2 Å². The molecule has 0 aliphatic rings. The first-order valence-corrected chi connectivity index (χ1v) is 9.96. The van der Waals surface area contributed by atoms with Crippen LogP contribution in [0.1, 0.15) is 11.1 Å². The van der Waals surface area contributed by atoms with Gasteiger partial charge < -0.3 is 15.3 Å². The highest BCUT2D eigenvalue weighted by molar-refractivity contribution is 7.24. The molecule has 3 rings (SSSR count). The predicted octanol–water partition coefficient (Wildman–Crippen LogP) is -1.14. The highest BCUT2D eigenvalue weighted by Gasteiger charge is 2.29. The molecule has 0 fully saturated rings. The number of fused-ring (bicyclic) bond motifs is 2. The zero-order valence-corrected chi connectivity index (χ0v) is 16.9. The number of aryl methyl sites for hydroxylation is 2. The van der Waals surface area contributed by atoms with E-state index in [-0.39, 0.29) is 17.7 Å². The van der Waals surface area contributed by atoms with Gasteiger partial charge in [0.15, 0.2) is 5.52 Å². The number of hydrogen-bond donors (Lipinski definition) is 5. The molecule has 0 saturated heterocycles. The predicted molar refractivity (Wildman–Crippen MR) is 102 cm³/mol. The smallest absolute Gasteiger partial charge is 0.388 e. The molecule has 12 nitrogen and oxygen atoms in total. The first-order valence-electron chi connectivity index (χ1n) is 8.87. The molecule has 0 unspecified atom stereocenters. The summed E-state index contributed by atoms with van der Waals surface area (Å²) in [4.78, 5) is 32.9. The molecule has 30 heavy (non-hydrogen) atoms. The summed E-state index contributed by atoms with van der Waals surface area (Å²) in [6.07, 6.45) is -5.07. The van der Waals surface area contributed by atoms with Crippen molar-refractivity contribution in [1.82, 2.24) is 15.0 Å². The minimum absolute atomic E-state index is 0.0131. The number of aromatic nitrogens is 4. The van der Waals surface area contributed by atoms with Gasteiger partial charge in [-0.25, -0.2) is 23.5 Å². The molecule has 0 amide bonds. The molecule has 160 valence electrons. The third-order valence-corrected chi connectivity index (χ3v) is 5.15. The number of aromatic amines is 2. The first-order chi connectivity index (χ1) is 14.1. The van der Waals surface area contributed by atoms with Crippen LogP contribution in [0.3, 0.4) is 0 Å². The van der Waals surface area contributed by atoms with E-state index in [1.807, 2.05) is 13.8 Å². The largest absolute Gasteiger partial charge is 0.468 e. The Bertz CT molecular complexity index is 1290. The number of hydrogen-bond acceptors (Lipinski definition) is 9. The van der Waals surface area contributed by atoms with Crippen molar-refractivity contribution in [3.8, 4) is 0 Å². The molecule has 1 aromatic carbocycles. The molecule has 13 heteroatoms. The molecular weight excluding hydrogens is 419 g/mol. The van der Waals surface area contributed by atoms with Crippen LogP contribution < -0.4 is 15.8 Å². The van der Waals surface area contributed by atoms with Gasteiger partial charge in [-0.05, 0) is 37.1 Å². The maximum Gasteiger partial charge on any atom is 0.468 e. The zero-order valence-electron chi connectivity index (χ0n) is 16.0. The number of H-pyrrole nitrogens is 2. The van der Waals surface area contributed by atoms with Gasteiger partial charge >= 0.3 is 19.2 Å². The van der Waals surface area contributed by atoms with Gasteiger partial charge in [-0.3, -0.25) is 14.3 Å². The lowest BCUT2D eigenvalue weighted by molar-refractivity contribution is -0.657. The van der Waals surface area contributed by atoms with Gasteiger partial charge in [0.25, 0.3) is 5.56 Å². The van der Waals surface area contributed by atoms with Crippen molar-refractivity contribution in [2.24, 2.45) is 0 Å². The van der Waals surface area contributed by atoms with E-state index in [1.165, 1.54) is 4.57 Å². The summed E-state index contributed by atoms with van der Waals surface area (Å²) in [6, 6.07) is 3.48. The Morgan fingerprint density at radius 3 is 2.43 bits per heavy atom. The molecule has 0 aliphatic carbocycles. The molecule has 3 atom stereocenters. The van der Waals surface area contributed by atoms with Crippen molar-refractivity contribution in [3.05, 3.63) is 44.1 Å². The third kappa shape index (κ3) is 4.37. The fraction of sp³-hybridized carbons (Fsp3) is 0.412. The molecule has 0 saturated carbocycles. The second-order valence-corrected chi connectivity index (χ2v) is 7.60. The van der Waals surface area contributed by atoms with Crippen molar-refractivity contribution < 1.29 is 33.5 Å². The fourth-order valence-electron chi connectivity index (χ4n) is 3.08. The van der Waals surface area contributed by atoms with Gasteiger partial charge in [-0.15, -0.1) is 0 Å². The van der Waals surface area contributed by atoms with Crippen LogP contribution in [-0.2, 0) is 20.2 Å².